The molecule has 2 aromatic rings. The predicted molar refractivity (Wildman–Crippen MR) is 108 cm³/mol. The highest BCUT2D eigenvalue weighted by atomic mass is 32.2. The van der Waals surface area contributed by atoms with Gasteiger partial charge in [-0.25, -0.2) is 8.42 Å². The van der Waals surface area contributed by atoms with E-state index in [4.69, 9.17) is 0 Å². The normalized spacial score (nSPS) is 15.3. The van der Waals surface area contributed by atoms with Crippen LogP contribution in [0, 0.1) is 0 Å². The van der Waals surface area contributed by atoms with Gasteiger partial charge in [0.1, 0.15) is 6.54 Å². The number of rotatable bonds is 6. The smallest absolute Gasteiger partial charge is 0.251 e. The lowest BCUT2D eigenvalue weighted by Gasteiger charge is -2.26. The second-order valence-corrected chi connectivity index (χ2v) is 8.71. The molecule has 0 radical (unpaired) electrons. The highest BCUT2D eigenvalue weighted by Gasteiger charge is 2.26. The van der Waals surface area contributed by atoms with Crippen molar-refractivity contribution in [2.75, 3.05) is 24.5 Å². The van der Waals surface area contributed by atoms with Crippen molar-refractivity contribution in [3.05, 3.63) is 59.0 Å². The molecule has 1 aliphatic heterocycles. The van der Waals surface area contributed by atoms with Gasteiger partial charge in [-0.2, -0.15) is 4.31 Å². The van der Waals surface area contributed by atoms with E-state index in [1.54, 1.807) is 4.90 Å². The van der Waals surface area contributed by atoms with Crippen LogP contribution in [0.1, 0.15) is 26.2 Å². The standard InChI is InChI=1S/C20H25N3O4S/c1-2-23(17-9-5-3-6-10-17)20(25)16-21-15-18(11-12-19(21)24)28(26,27)22-13-7-4-8-14-22/h3,5-6,9-12,15H,2,4,7-8,13-14,16H2,1H3. The van der Waals surface area contributed by atoms with Crippen LogP contribution in [0.15, 0.2) is 58.4 Å². The Morgan fingerprint density at radius 2 is 1.71 bits per heavy atom. The highest BCUT2D eigenvalue weighted by molar-refractivity contribution is 7.89. The van der Waals surface area contributed by atoms with E-state index >= 15 is 0 Å². The fourth-order valence-corrected chi connectivity index (χ4v) is 4.92. The van der Waals surface area contributed by atoms with Crippen LogP contribution in [0.5, 0.6) is 0 Å². The quantitative estimate of drug-likeness (QED) is 0.740. The Morgan fingerprint density at radius 3 is 2.36 bits per heavy atom. The molecule has 0 unspecified atom stereocenters. The molecule has 0 bridgehead atoms. The topological polar surface area (TPSA) is 79.7 Å². The van der Waals surface area contributed by atoms with E-state index in [0.29, 0.717) is 19.6 Å². The minimum absolute atomic E-state index is 0.0459. The number of piperidine rings is 1. The lowest BCUT2D eigenvalue weighted by Crippen LogP contribution is -2.38. The van der Waals surface area contributed by atoms with Crippen LogP contribution in [-0.4, -0.2) is 42.8 Å². The molecule has 0 aliphatic carbocycles. The maximum atomic E-state index is 12.9. The van der Waals surface area contributed by atoms with Crippen molar-refractivity contribution in [1.82, 2.24) is 8.87 Å². The largest absolute Gasteiger partial charge is 0.311 e. The number of aromatic nitrogens is 1. The predicted octanol–water partition coefficient (Wildman–Crippen LogP) is 2.08. The summed E-state index contributed by atoms with van der Waals surface area (Å²) < 4.78 is 28.3. The van der Waals surface area contributed by atoms with Gasteiger partial charge in [-0.3, -0.25) is 9.59 Å². The van der Waals surface area contributed by atoms with Crippen LogP contribution < -0.4 is 10.5 Å². The molecular formula is C20H25N3O4S. The van der Waals surface area contributed by atoms with Crippen LogP contribution in [0.4, 0.5) is 5.69 Å². The van der Waals surface area contributed by atoms with Crippen LogP contribution in [0.2, 0.25) is 0 Å². The van der Waals surface area contributed by atoms with Gasteiger partial charge in [0.25, 0.3) is 5.56 Å². The molecule has 1 aromatic carbocycles. The number of anilines is 1. The summed E-state index contributed by atoms with van der Waals surface area (Å²) in [7, 11) is -3.67. The Morgan fingerprint density at radius 1 is 1.04 bits per heavy atom. The molecule has 28 heavy (non-hydrogen) atoms. The Hall–Kier alpha value is -2.45. The van der Waals surface area contributed by atoms with E-state index in [2.05, 4.69) is 0 Å². The zero-order chi connectivity index (χ0) is 20.1. The molecule has 0 atom stereocenters. The van der Waals surface area contributed by atoms with Crippen molar-refractivity contribution in [2.24, 2.45) is 0 Å². The summed E-state index contributed by atoms with van der Waals surface area (Å²) in [5, 5.41) is 0. The third-order valence-corrected chi connectivity index (χ3v) is 6.78. The molecule has 8 heteroatoms. The van der Waals surface area contributed by atoms with Gasteiger partial charge in [0.2, 0.25) is 15.9 Å². The van der Waals surface area contributed by atoms with Gasteiger partial charge in [0, 0.05) is 37.6 Å². The van der Waals surface area contributed by atoms with Gasteiger partial charge in [-0.05, 0) is 38.0 Å². The Bertz CT molecular complexity index is 980. The first-order valence-electron chi connectivity index (χ1n) is 9.49. The van der Waals surface area contributed by atoms with Crippen LogP contribution in [-0.2, 0) is 21.4 Å². The van der Waals surface area contributed by atoms with Crippen molar-refractivity contribution in [3.63, 3.8) is 0 Å². The molecule has 1 fully saturated rings. The number of para-hydroxylation sites is 1. The van der Waals surface area contributed by atoms with Crippen LogP contribution in [0.25, 0.3) is 0 Å². The van der Waals surface area contributed by atoms with E-state index in [1.807, 2.05) is 37.3 Å². The summed E-state index contributed by atoms with van der Waals surface area (Å²) in [4.78, 5) is 26.6. The number of benzene rings is 1. The Balaban J connectivity index is 1.85. The van der Waals surface area contributed by atoms with Crippen molar-refractivity contribution in [2.45, 2.75) is 37.6 Å². The number of hydrogen-bond acceptors (Lipinski definition) is 4. The zero-order valence-electron chi connectivity index (χ0n) is 16.0. The molecule has 7 nitrogen and oxygen atoms in total. The van der Waals surface area contributed by atoms with Crippen molar-refractivity contribution >= 4 is 21.6 Å². The lowest BCUT2D eigenvalue weighted by molar-refractivity contribution is -0.119. The first kappa shape index (κ1) is 20.3. The summed E-state index contributed by atoms with van der Waals surface area (Å²) in [6, 6.07) is 11.7. The molecule has 1 aromatic heterocycles. The van der Waals surface area contributed by atoms with Gasteiger partial charge >= 0.3 is 0 Å². The molecule has 1 aliphatic rings. The molecule has 3 rings (SSSR count). The molecule has 1 saturated heterocycles. The third-order valence-electron chi connectivity index (χ3n) is 4.90. The van der Waals surface area contributed by atoms with Crippen LogP contribution >= 0.6 is 0 Å². The number of pyridine rings is 1. The SMILES string of the molecule is CCN(C(=O)Cn1cc(S(=O)(=O)N2CCCCC2)ccc1=O)c1ccccc1. The van der Waals surface area contributed by atoms with E-state index in [0.717, 1.165) is 24.9 Å². The molecule has 150 valence electrons. The van der Waals surface area contributed by atoms with Crippen molar-refractivity contribution < 1.29 is 13.2 Å². The Labute approximate surface area is 165 Å². The van der Waals surface area contributed by atoms with Crippen LogP contribution in [0.3, 0.4) is 0 Å². The number of carbonyl (C=O) groups excluding carboxylic acids is 1. The van der Waals surface area contributed by atoms with Crippen molar-refractivity contribution in [3.8, 4) is 0 Å². The van der Waals surface area contributed by atoms with Gasteiger partial charge < -0.3 is 9.47 Å². The summed E-state index contributed by atoms with van der Waals surface area (Å²) in [6.45, 7) is 3.05. The minimum atomic E-state index is -3.67. The first-order valence-corrected chi connectivity index (χ1v) is 10.9. The van der Waals surface area contributed by atoms with Gasteiger partial charge in [-0.15, -0.1) is 0 Å². The fraction of sp³-hybridized carbons (Fsp3) is 0.400. The highest BCUT2D eigenvalue weighted by Crippen LogP contribution is 2.20. The zero-order valence-corrected chi connectivity index (χ0v) is 16.8. The van der Waals surface area contributed by atoms with E-state index in [9.17, 15) is 18.0 Å². The molecular weight excluding hydrogens is 378 g/mol. The van der Waals surface area contributed by atoms with E-state index < -0.39 is 15.6 Å². The lowest BCUT2D eigenvalue weighted by atomic mass is 10.2. The average molecular weight is 404 g/mol. The van der Waals surface area contributed by atoms with E-state index in [-0.39, 0.29) is 17.3 Å². The fourth-order valence-electron chi connectivity index (χ4n) is 3.38. The number of likely N-dealkylation sites (N-methyl/N-ethyl adjacent to an activating group) is 1. The summed E-state index contributed by atoms with van der Waals surface area (Å²) in [5.74, 6) is -0.275. The minimum Gasteiger partial charge on any atom is -0.311 e. The second-order valence-electron chi connectivity index (χ2n) is 6.77. The summed E-state index contributed by atoms with van der Waals surface area (Å²) in [6.07, 6.45) is 3.97. The number of hydrogen-bond donors (Lipinski definition) is 0. The molecule has 0 N–H and O–H groups in total. The van der Waals surface area contributed by atoms with Gasteiger partial charge in [0.05, 0.1) is 4.90 Å². The maximum absolute atomic E-state index is 12.9. The monoisotopic (exact) mass is 403 g/mol. The first-order chi connectivity index (χ1) is 13.4. The molecule has 0 spiro atoms. The second kappa shape index (κ2) is 8.70. The number of amides is 1. The summed E-state index contributed by atoms with van der Waals surface area (Å²) >= 11 is 0. The van der Waals surface area contributed by atoms with Gasteiger partial charge in [0.15, 0.2) is 0 Å². The number of sulfonamides is 1. The van der Waals surface area contributed by atoms with Crippen molar-refractivity contribution in [1.29, 1.82) is 0 Å². The van der Waals surface area contributed by atoms with E-state index in [1.165, 1.54) is 27.2 Å². The summed E-state index contributed by atoms with van der Waals surface area (Å²) in [5.41, 5.74) is 0.329. The number of carbonyl (C=O) groups is 1. The average Bonchev–Trinajstić information content (AvgIpc) is 2.71. The molecule has 0 saturated carbocycles. The molecule has 2 heterocycles. The molecule has 1 amide bonds. The Kier molecular flexibility index (Phi) is 6.31. The maximum Gasteiger partial charge on any atom is 0.251 e. The third kappa shape index (κ3) is 4.34. The van der Waals surface area contributed by atoms with Gasteiger partial charge in [-0.1, -0.05) is 24.6 Å². The number of nitrogens with zero attached hydrogens (tertiary/aromatic N) is 3.